The number of carbonyl (C=O) groups is 1. The third kappa shape index (κ3) is 3.23. The van der Waals surface area contributed by atoms with Gasteiger partial charge in [0.15, 0.2) is 0 Å². The van der Waals surface area contributed by atoms with E-state index in [1.54, 1.807) is 12.1 Å². The molecule has 1 aromatic heterocycles. The van der Waals surface area contributed by atoms with Crippen molar-refractivity contribution in [2.24, 2.45) is 0 Å². The molecule has 0 saturated carbocycles. The van der Waals surface area contributed by atoms with Crippen LogP contribution in [0.15, 0.2) is 18.3 Å². The molecule has 0 aliphatic carbocycles. The molecule has 0 atom stereocenters. The van der Waals surface area contributed by atoms with Gasteiger partial charge >= 0.3 is 5.97 Å². The van der Waals surface area contributed by atoms with Crippen molar-refractivity contribution < 1.29 is 9.53 Å². The summed E-state index contributed by atoms with van der Waals surface area (Å²) >= 11 is 0. The molecule has 82 valence electrons. The number of hydrogen-bond donors (Lipinski definition) is 0. The van der Waals surface area contributed by atoms with Crippen LogP contribution in [0, 0.1) is 0 Å². The standard InChI is InChI=1S/C11H16N2O2/c1-8(2)15-11(14)9-5-6-10(12-7-9)13(3)4/h5-8H,1-4H3. The lowest BCUT2D eigenvalue weighted by molar-refractivity contribution is 0.0377. The van der Waals surface area contributed by atoms with Gasteiger partial charge < -0.3 is 9.64 Å². The number of carbonyl (C=O) groups excluding carboxylic acids is 1. The third-order valence-corrected chi connectivity index (χ3v) is 1.78. The number of hydrogen-bond acceptors (Lipinski definition) is 4. The van der Waals surface area contributed by atoms with Crippen LogP contribution in [0.4, 0.5) is 5.82 Å². The van der Waals surface area contributed by atoms with Crippen LogP contribution in [0.1, 0.15) is 24.2 Å². The summed E-state index contributed by atoms with van der Waals surface area (Å²) in [5, 5.41) is 0. The van der Waals surface area contributed by atoms with Crippen LogP contribution in [0.2, 0.25) is 0 Å². The molecule has 1 rings (SSSR count). The molecule has 1 heterocycles. The third-order valence-electron chi connectivity index (χ3n) is 1.78. The van der Waals surface area contributed by atoms with Gasteiger partial charge in [0.05, 0.1) is 11.7 Å². The summed E-state index contributed by atoms with van der Waals surface area (Å²) in [6.45, 7) is 3.64. The molecular formula is C11H16N2O2. The number of nitrogens with zero attached hydrogens (tertiary/aromatic N) is 2. The predicted octanol–water partition coefficient (Wildman–Crippen LogP) is 1.71. The first-order chi connectivity index (χ1) is 7.00. The highest BCUT2D eigenvalue weighted by Crippen LogP contribution is 2.09. The second-order valence-electron chi connectivity index (χ2n) is 3.75. The zero-order valence-corrected chi connectivity index (χ0v) is 9.52. The average molecular weight is 208 g/mol. The maximum Gasteiger partial charge on any atom is 0.339 e. The van der Waals surface area contributed by atoms with E-state index in [1.165, 1.54) is 6.20 Å². The van der Waals surface area contributed by atoms with Crippen LogP contribution >= 0.6 is 0 Å². The second-order valence-corrected chi connectivity index (χ2v) is 3.75. The second kappa shape index (κ2) is 4.77. The van der Waals surface area contributed by atoms with Gasteiger partial charge in [0.25, 0.3) is 0 Å². The van der Waals surface area contributed by atoms with Crippen LogP contribution in [0.25, 0.3) is 0 Å². The number of ether oxygens (including phenoxy) is 1. The molecule has 0 radical (unpaired) electrons. The molecule has 0 spiro atoms. The van der Waals surface area contributed by atoms with Crippen molar-refractivity contribution in [1.29, 1.82) is 0 Å². The van der Waals surface area contributed by atoms with Gasteiger partial charge in [-0.15, -0.1) is 0 Å². The Kier molecular flexibility index (Phi) is 3.66. The van der Waals surface area contributed by atoms with E-state index < -0.39 is 0 Å². The van der Waals surface area contributed by atoms with E-state index in [1.807, 2.05) is 32.8 Å². The normalized spacial score (nSPS) is 10.2. The van der Waals surface area contributed by atoms with Crippen LogP contribution < -0.4 is 4.90 Å². The van der Waals surface area contributed by atoms with E-state index in [0.29, 0.717) is 5.56 Å². The van der Waals surface area contributed by atoms with Gasteiger partial charge in [0.2, 0.25) is 0 Å². The zero-order chi connectivity index (χ0) is 11.4. The quantitative estimate of drug-likeness (QED) is 0.709. The van der Waals surface area contributed by atoms with Gasteiger partial charge in [0, 0.05) is 20.3 Å². The first kappa shape index (κ1) is 11.5. The smallest absolute Gasteiger partial charge is 0.339 e. The fourth-order valence-electron chi connectivity index (χ4n) is 1.05. The largest absolute Gasteiger partial charge is 0.459 e. The maximum atomic E-state index is 11.5. The Labute approximate surface area is 89.9 Å². The Balaban J connectivity index is 2.75. The van der Waals surface area contributed by atoms with Gasteiger partial charge in [0.1, 0.15) is 5.82 Å². The Morgan fingerprint density at radius 2 is 2.07 bits per heavy atom. The molecule has 0 bridgehead atoms. The van der Waals surface area contributed by atoms with Crippen LogP contribution in [0.3, 0.4) is 0 Å². The molecule has 0 fully saturated rings. The monoisotopic (exact) mass is 208 g/mol. The molecule has 0 N–H and O–H groups in total. The molecule has 0 aliphatic heterocycles. The van der Waals surface area contributed by atoms with Gasteiger partial charge in [-0.2, -0.15) is 0 Å². The first-order valence-electron chi connectivity index (χ1n) is 4.85. The molecule has 0 saturated heterocycles. The number of esters is 1. The van der Waals surface area contributed by atoms with E-state index in [9.17, 15) is 4.79 Å². The van der Waals surface area contributed by atoms with Crippen molar-refractivity contribution in [3.63, 3.8) is 0 Å². The van der Waals surface area contributed by atoms with Crippen molar-refractivity contribution in [2.75, 3.05) is 19.0 Å². The van der Waals surface area contributed by atoms with Crippen LogP contribution in [0.5, 0.6) is 0 Å². The summed E-state index contributed by atoms with van der Waals surface area (Å²) in [6, 6.07) is 3.50. The molecule has 0 amide bonds. The summed E-state index contributed by atoms with van der Waals surface area (Å²) in [5.74, 6) is 0.485. The number of rotatable bonds is 3. The van der Waals surface area contributed by atoms with Crippen molar-refractivity contribution in [3.8, 4) is 0 Å². The number of aromatic nitrogens is 1. The van der Waals surface area contributed by atoms with E-state index in [2.05, 4.69) is 4.98 Å². The van der Waals surface area contributed by atoms with Crippen molar-refractivity contribution in [1.82, 2.24) is 4.98 Å². The molecule has 4 nitrogen and oxygen atoms in total. The van der Waals surface area contributed by atoms with Gasteiger partial charge in [-0.25, -0.2) is 9.78 Å². The van der Waals surface area contributed by atoms with E-state index in [0.717, 1.165) is 5.82 Å². The first-order valence-corrected chi connectivity index (χ1v) is 4.85. The molecule has 0 aromatic carbocycles. The highest BCUT2D eigenvalue weighted by Gasteiger charge is 2.09. The molecule has 0 aliphatic rings. The van der Waals surface area contributed by atoms with E-state index >= 15 is 0 Å². The molecule has 4 heteroatoms. The zero-order valence-electron chi connectivity index (χ0n) is 9.52. The fourth-order valence-corrected chi connectivity index (χ4v) is 1.05. The van der Waals surface area contributed by atoms with E-state index in [4.69, 9.17) is 4.74 Å². The van der Waals surface area contributed by atoms with Gasteiger partial charge in [-0.05, 0) is 26.0 Å². The van der Waals surface area contributed by atoms with Gasteiger partial charge in [-0.1, -0.05) is 0 Å². The Morgan fingerprint density at radius 3 is 2.47 bits per heavy atom. The summed E-state index contributed by atoms with van der Waals surface area (Å²) < 4.78 is 5.04. The summed E-state index contributed by atoms with van der Waals surface area (Å²) in [4.78, 5) is 17.5. The lowest BCUT2D eigenvalue weighted by Crippen LogP contribution is -2.14. The van der Waals surface area contributed by atoms with E-state index in [-0.39, 0.29) is 12.1 Å². The number of anilines is 1. The minimum Gasteiger partial charge on any atom is -0.459 e. The Hall–Kier alpha value is -1.58. The molecule has 15 heavy (non-hydrogen) atoms. The SMILES string of the molecule is CC(C)OC(=O)c1ccc(N(C)C)nc1. The lowest BCUT2D eigenvalue weighted by Gasteiger charge is -2.11. The minimum atomic E-state index is -0.331. The Bertz CT molecular complexity index is 331. The topological polar surface area (TPSA) is 42.4 Å². The van der Waals surface area contributed by atoms with Crippen molar-refractivity contribution in [2.45, 2.75) is 20.0 Å². The minimum absolute atomic E-state index is 0.106. The summed E-state index contributed by atoms with van der Waals surface area (Å²) in [6.07, 6.45) is 1.42. The summed E-state index contributed by atoms with van der Waals surface area (Å²) in [5.41, 5.74) is 0.481. The average Bonchev–Trinajstić information content (AvgIpc) is 2.17. The molecular weight excluding hydrogens is 192 g/mol. The van der Waals surface area contributed by atoms with Crippen molar-refractivity contribution >= 4 is 11.8 Å². The predicted molar refractivity (Wildman–Crippen MR) is 59.1 cm³/mol. The lowest BCUT2D eigenvalue weighted by atomic mass is 10.3. The Morgan fingerprint density at radius 1 is 1.40 bits per heavy atom. The highest BCUT2D eigenvalue weighted by atomic mass is 16.5. The summed E-state index contributed by atoms with van der Waals surface area (Å²) in [7, 11) is 3.79. The van der Waals surface area contributed by atoms with Crippen LogP contribution in [-0.4, -0.2) is 31.2 Å². The van der Waals surface area contributed by atoms with Gasteiger partial charge in [-0.3, -0.25) is 0 Å². The van der Waals surface area contributed by atoms with Crippen LogP contribution in [-0.2, 0) is 4.74 Å². The fraction of sp³-hybridized carbons (Fsp3) is 0.455. The molecule has 0 unspecified atom stereocenters. The number of pyridine rings is 1. The maximum absolute atomic E-state index is 11.5. The molecule has 1 aromatic rings. The van der Waals surface area contributed by atoms with Crippen molar-refractivity contribution in [3.05, 3.63) is 23.9 Å². The highest BCUT2D eigenvalue weighted by molar-refractivity contribution is 5.89.